The van der Waals surface area contributed by atoms with E-state index in [1.165, 1.54) is 0 Å². The van der Waals surface area contributed by atoms with E-state index in [9.17, 15) is 24.3 Å². The quantitative estimate of drug-likeness (QED) is 0.594. The van der Waals surface area contributed by atoms with Gasteiger partial charge in [0.1, 0.15) is 0 Å². The largest absolute Gasteiger partial charge is 0.381 e. The van der Waals surface area contributed by atoms with Crippen LogP contribution in [0.1, 0.15) is 72.1 Å². The average Bonchev–Trinajstić information content (AvgIpc) is 2.92. The molecule has 0 radical (unpaired) electrons. The standard InChI is InChI=1S/C19H31N3O5/c1-19(2,3)11-13(20-17(26)12-7-5-4-6-8-12)16(25)18(27)21-22-14(23)9-10-15(22)24/h12-13,16,25H,4-11H2,1-3H3,(H,20,26)(H,21,27). The first-order valence-corrected chi connectivity index (χ1v) is 9.73. The molecule has 1 aliphatic heterocycles. The molecule has 27 heavy (non-hydrogen) atoms. The maximum absolute atomic E-state index is 12.6. The van der Waals surface area contributed by atoms with E-state index in [4.69, 9.17) is 0 Å². The van der Waals surface area contributed by atoms with Crippen molar-refractivity contribution >= 4 is 23.6 Å². The summed E-state index contributed by atoms with van der Waals surface area (Å²) in [4.78, 5) is 48.3. The Morgan fingerprint density at radius 1 is 1.11 bits per heavy atom. The molecule has 0 bridgehead atoms. The molecule has 4 amide bonds. The normalized spacial score (nSPS) is 21.1. The molecule has 0 spiro atoms. The summed E-state index contributed by atoms with van der Waals surface area (Å²) in [6.07, 6.45) is 3.66. The van der Waals surface area contributed by atoms with Crippen molar-refractivity contribution in [3.8, 4) is 0 Å². The van der Waals surface area contributed by atoms with Crippen molar-refractivity contribution in [1.29, 1.82) is 0 Å². The number of hydrogen-bond acceptors (Lipinski definition) is 5. The molecule has 2 fully saturated rings. The van der Waals surface area contributed by atoms with E-state index in [1.807, 2.05) is 20.8 Å². The minimum absolute atomic E-state index is 0.0407. The van der Waals surface area contributed by atoms with E-state index in [0.29, 0.717) is 11.4 Å². The van der Waals surface area contributed by atoms with Gasteiger partial charge in [0.2, 0.25) is 17.7 Å². The number of aliphatic hydroxyl groups excluding tert-OH is 1. The zero-order valence-corrected chi connectivity index (χ0v) is 16.4. The second kappa shape index (κ2) is 8.82. The van der Waals surface area contributed by atoms with Gasteiger partial charge in [0, 0.05) is 18.8 Å². The van der Waals surface area contributed by atoms with Crippen LogP contribution in [0, 0.1) is 11.3 Å². The minimum atomic E-state index is -1.56. The lowest BCUT2D eigenvalue weighted by atomic mass is 9.84. The summed E-state index contributed by atoms with van der Waals surface area (Å²) < 4.78 is 0. The maximum Gasteiger partial charge on any atom is 0.269 e. The Labute approximate surface area is 160 Å². The first kappa shape index (κ1) is 21.3. The van der Waals surface area contributed by atoms with Crippen LogP contribution < -0.4 is 10.7 Å². The van der Waals surface area contributed by atoms with E-state index in [-0.39, 0.29) is 30.1 Å². The van der Waals surface area contributed by atoms with Crippen LogP contribution in [0.5, 0.6) is 0 Å². The highest BCUT2D eigenvalue weighted by Gasteiger charge is 2.37. The first-order chi connectivity index (χ1) is 12.6. The molecular formula is C19H31N3O5. The second-order valence-corrected chi connectivity index (χ2v) is 8.76. The number of aliphatic hydroxyl groups is 1. The van der Waals surface area contributed by atoms with E-state index < -0.39 is 29.9 Å². The van der Waals surface area contributed by atoms with Gasteiger partial charge in [0.25, 0.3) is 5.91 Å². The van der Waals surface area contributed by atoms with Gasteiger partial charge in [-0.3, -0.25) is 24.6 Å². The SMILES string of the molecule is CC(C)(C)CC(NC(=O)C1CCCCC1)C(O)C(=O)NN1C(=O)CCC1=O. The Bertz CT molecular complexity index is 577. The van der Waals surface area contributed by atoms with E-state index >= 15 is 0 Å². The molecule has 2 aliphatic rings. The fraction of sp³-hybridized carbons (Fsp3) is 0.789. The van der Waals surface area contributed by atoms with Gasteiger partial charge in [-0.05, 0) is 24.7 Å². The summed E-state index contributed by atoms with van der Waals surface area (Å²) in [5, 5.41) is 14.0. The van der Waals surface area contributed by atoms with Crippen molar-refractivity contribution in [2.45, 2.75) is 84.3 Å². The lowest BCUT2D eigenvalue weighted by Crippen LogP contribution is -2.56. The van der Waals surface area contributed by atoms with Crippen molar-refractivity contribution in [2.75, 3.05) is 0 Å². The van der Waals surface area contributed by atoms with Gasteiger partial charge in [0.05, 0.1) is 6.04 Å². The topological polar surface area (TPSA) is 116 Å². The Balaban J connectivity index is 2.04. The molecule has 1 saturated carbocycles. The van der Waals surface area contributed by atoms with Crippen LogP contribution in [0.2, 0.25) is 0 Å². The number of carbonyl (C=O) groups is 4. The Morgan fingerprint density at radius 2 is 1.67 bits per heavy atom. The number of rotatable bonds is 6. The zero-order valence-electron chi connectivity index (χ0n) is 16.4. The second-order valence-electron chi connectivity index (χ2n) is 8.76. The van der Waals surface area contributed by atoms with Crippen LogP contribution in [0.4, 0.5) is 0 Å². The van der Waals surface area contributed by atoms with Crippen LogP contribution in [-0.2, 0) is 19.2 Å². The molecule has 1 heterocycles. The van der Waals surface area contributed by atoms with E-state index in [2.05, 4.69) is 10.7 Å². The third kappa shape index (κ3) is 6.02. The molecule has 2 unspecified atom stereocenters. The van der Waals surface area contributed by atoms with Crippen molar-refractivity contribution in [3.63, 3.8) is 0 Å². The third-order valence-corrected chi connectivity index (χ3v) is 5.06. The van der Waals surface area contributed by atoms with Crippen molar-refractivity contribution in [1.82, 2.24) is 15.8 Å². The molecule has 152 valence electrons. The minimum Gasteiger partial charge on any atom is -0.381 e. The third-order valence-electron chi connectivity index (χ3n) is 5.06. The Kier molecular flexibility index (Phi) is 6.97. The summed E-state index contributed by atoms with van der Waals surface area (Å²) in [5.41, 5.74) is 1.95. The van der Waals surface area contributed by atoms with Gasteiger partial charge in [-0.2, -0.15) is 5.01 Å². The van der Waals surface area contributed by atoms with Crippen LogP contribution in [-0.4, -0.2) is 45.9 Å². The lowest BCUT2D eigenvalue weighted by molar-refractivity contribution is -0.151. The summed E-state index contributed by atoms with van der Waals surface area (Å²) in [6.45, 7) is 5.85. The van der Waals surface area contributed by atoms with Gasteiger partial charge in [-0.25, -0.2) is 0 Å². The van der Waals surface area contributed by atoms with Gasteiger partial charge in [0.15, 0.2) is 6.10 Å². The number of nitrogens with one attached hydrogen (secondary N) is 2. The molecule has 2 rings (SSSR count). The van der Waals surface area contributed by atoms with Gasteiger partial charge in [-0.1, -0.05) is 40.0 Å². The lowest BCUT2D eigenvalue weighted by Gasteiger charge is -2.32. The van der Waals surface area contributed by atoms with Gasteiger partial charge in [-0.15, -0.1) is 0 Å². The Hall–Kier alpha value is -1.96. The summed E-state index contributed by atoms with van der Waals surface area (Å²) in [6, 6.07) is -0.799. The van der Waals surface area contributed by atoms with Crippen LogP contribution in [0.15, 0.2) is 0 Å². The fourth-order valence-electron chi connectivity index (χ4n) is 3.63. The van der Waals surface area contributed by atoms with Crippen molar-refractivity contribution in [3.05, 3.63) is 0 Å². The highest BCUT2D eigenvalue weighted by molar-refractivity contribution is 6.03. The van der Waals surface area contributed by atoms with E-state index in [1.54, 1.807) is 0 Å². The smallest absolute Gasteiger partial charge is 0.269 e. The molecule has 8 nitrogen and oxygen atoms in total. The Morgan fingerprint density at radius 3 is 2.19 bits per heavy atom. The zero-order chi connectivity index (χ0) is 20.2. The van der Waals surface area contributed by atoms with Gasteiger partial charge < -0.3 is 10.4 Å². The summed E-state index contributed by atoms with van der Waals surface area (Å²) in [5.74, 6) is -2.11. The molecule has 2 atom stereocenters. The van der Waals surface area contributed by atoms with Crippen molar-refractivity contribution < 1.29 is 24.3 Å². The molecule has 0 aromatic carbocycles. The molecule has 0 aromatic rings. The average molecular weight is 381 g/mol. The van der Waals surface area contributed by atoms with Crippen LogP contribution >= 0.6 is 0 Å². The predicted molar refractivity (Wildman–Crippen MR) is 97.8 cm³/mol. The van der Waals surface area contributed by atoms with Crippen LogP contribution in [0.3, 0.4) is 0 Å². The summed E-state index contributed by atoms with van der Waals surface area (Å²) >= 11 is 0. The first-order valence-electron chi connectivity index (χ1n) is 9.73. The fourth-order valence-corrected chi connectivity index (χ4v) is 3.63. The molecule has 1 saturated heterocycles. The molecule has 1 aliphatic carbocycles. The number of imide groups is 1. The monoisotopic (exact) mass is 381 g/mol. The number of amides is 4. The number of hydrogen-bond donors (Lipinski definition) is 3. The van der Waals surface area contributed by atoms with Crippen LogP contribution in [0.25, 0.3) is 0 Å². The highest BCUT2D eigenvalue weighted by atomic mass is 16.3. The molecule has 8 heteroatoms. The van der Waals surface area contributed by atoms with Gasteiger partial charge >= 0.3 is 0 Å². The molecule has 3 N–H and O–H groups in total. The number of hydrazine groups is 1. The maximum atomic E-state index is 12.6. The summed E-state index contributed by atoms with van der Waals surface area (Å²) in [7, 11) is 0. The number of nitrogens with zero attached hydrogens (tertiary/aromatic N) is 1. The number of carbonyl (C=O) groups excluding carboxylic acids is 4. The van der Waals surface area contributed by atoms with Crippen molar-refractivity contribution in [2.24, 2.45) is 11.3 Å². The molecule has 0 aromatic heterocycles. The predicted octanol–water partition coefficient (Wildman–Crippen LogP) is 1.03. The van der Waals surface area contributed by atoms with E-state index in [0.717, 1.165) is 32.1 Å². The molecular weight excluding hydrogens is 350 g/mol. The highest BCUT2D eigenvalue weighted by Crippen LogP contribution is 2.26.